The molecule has 0 spiro atoms. The van der Waals surface area contributed by atoms with Gasteiger partial charge in [0, 0.05) is 13.1 Å². The van der Waals surface area contributed by atoms with Gasteiger partial charge in [0.1, 0.15) is 0 Å². The van der Waals surface area contributed by atoms with Gasteiger partial charge in [0.2, 0.25) is 0 Å². The Balaban J connectivity index is 2.53. The predicted molar refractivity (Wildman–Crippen MR) is 73.5 cm³/mol. The minimum absolute atomic E-state index is 0.200. The van der Waals surface area contributed by atoms with E-state index in [1.165, 1.54) is 11.1 Å². The molecule has 0 aliphatic rings. The first kappa shape index (κ1) is 14.7. The third-order valence-corrected chi connectivity index (χ3v) is 2.90. The number of hydrogen-bond donors (Lipinski definition) is 1. The fourth-order valence-electron chi connectivity index (χ4n) is 2.26. The van der Waals surface area contributed by atoms with Crippen LogP contribution in [0, 0.1) is 12.3 Å². The van der Waals surface area contributed by atoms with Crippen molar-refractivity contribution in [2.45, 2.75) is 33.7 Å². The lowest BCUT2D eigenvalue weighted by Crippen LogP contribution is -2.32. The standard InChI is InChI=1S/C15H23NO2/c1-12-5-7-13(8-6-12)10-16(4)11-15(2,3)9-14(17)18/h5-8H,9-11H2,1-4H3,(H,17,18). The van der Waals surface area contributed by atoms with Gasteiger partial charge >= 0.3 is 5.97 Å². The molecule has 100 valence electrons. The number of rotatable bonds is 6. The summed E-state index contributed by atoms with van der Waals surface area (Å²) in [4.78, 5) is 12.9. The molecule has 0 amide bonds. The van der Waals surface area contributed by atoms with Gasteiger partial charge in [-0.25, -0.2) is 0 Å². The second-order valence-electron chi connectivity index (χ2n) is 5.89. The van der Waals surface area contributed by atoms with E-state index in [0.29, 0.717) is 0 Å². The van der Waals surface area contributed by atoms with E-state index < -0.39 is 5.97 Å². The van der Waals surface area contributed by atoms with E-state index in [0.717, 1.165) is 13.1 Å². The fourth-order valence-corrected chi connectivity index (χ4v) is 2.26. The maximum absolute atomic E-state index is 10.8. The van der Waals surface area contributed by atoms with Crippen LogP contribution in [0.1, 0.15) is 31.4 Å². The van der Waals surface area contributed by atoms with Gasteiger partial charge in [-0.1, -0.05) is 43.7 Å². The Morgan fingerprint density at radius 2 is 1.83 bits per heavy atom. The zero-order valence-electron chi connectivity index (χ0n) is 11.7. The minimum Gasteiger partial charge on any atom is -0.481 e. The molecule has 1 aromatic rings. The van der Waals surface area contributed by atoms with E-state index >= 15 is 0 Å². The van der Waals surface area contributed by atoms with Crippen molar-refractivity contribution in [3.63, 3.8) is 0 Å². The summed E-state index contributed by atoms with van der Waals surface area (Å²) < 4.78 is 0. The molecule has 3 nitrogen and oxygen atoms in total. The lowest BCUT2D eigenvalue weighted by atomic mass is 9.89. The highest BCUT2D eigenvalue weighted by atomic mass is 16.4. The number of nitrogens with zero attached hydrogens (tertiary/aromatic N) is 1. The number of carboxylic acids is 1. The predicted octanol–water partition coefficient (Wildman–Crippen LogP) is 2.93. The highest BCUT2D eigenvalue weighted by Gasteiger charge is 2.23. The highest BCUT2D eigenvalue weighted by Crippen LogP contribution is 2.22. The zero-order valence-corrected chi connectivity index (χ0v) is 11.7. The quantitative estimate of drug-likeness (QED) is 0.842. The summed E-state index contributed by atoms with van der Waals surface area (Å²) in [7, 11) is 2.03. The van der Waals surface area contributed by atoms with E-state index in [4.69, 9.17) is 5.11 Å². The second-order valence-corrected chi connectivity index (χ2v) is 5.89. The van der Waals surface area contributed by atoms with Crippen LogP contribution in [0.2, 0.25) is 0 Å². The van der Waals surface area contributed by atoms with Crippen molar-refractivity contribution in [2.24, 2.45) is 5.41 Å². The number of aliphatic carboxylic acids is 1. The van der Waals surface area contributed by atoms with Crippen LogP contribution < -0.4 is 0 Å². The Kier molecular flexibility index (Phi) is 4.91. The molecule has 0 saturated heterocycles. The molecule has 0 bridgehead atoms. The van der Waals surface area contributed by atoms with Gasteiger partial charge in [0.25, 0.3) is 0 Å². The SMILES string of the molecule is Cc1ccc(CN(C)CC(C)(C)CC(=O)O)cc1. The molecule has 0 aliphatic heterocycles. The molecule has 0 aromatic heterocycles. The van der Waals surface area contributed by atoms with Crippen molar-refractivity contribution in [3.8, 4) is 0 Å². The van der Waals surface area contributed by atoms with E-state index in [2.05, 4.69) is 36.1 Å². The van der Waals surface area contributed by atoms with Crippen molar-refractivity contribution in [1.29, 1.82) is 0 Å². The molecule has 0 heterocycles. The number of hydrogen-bond acceptors (Lipinski definition) is 2. The molecule has 0 fully saturated rings. The normalized spacial score (nSPS) is 11.8. The molecule has 1 N–H and O–H groups in total. The Bertz CT molecular complexity index is 395. The summed E-state index contributed by atoms with van der Waals surface area (Å²) in [6, 6.07) is 8.45. The van der Waals surface area contributed by atoms with E-state index in [-0.39, 0.29) is 11.8 Å². The molecular weight excluding hydrogens is 226 g/mol. The number of carbonyl (C=O) groups is 1. The first-order valence-corrected chi connectivity index (χ1v) is 6.24. The molecule has 3 heteroatoms. The molecular formula is C15H23NO2. The Morgan fingerprint density at radius 1 is 1.28 bits per heavy atom. The fraction of sp³-hybridized carbons (Fsp3) is 0.533. The zero-order chi connectivity index (χ0) is 13.8. The van der Waals surface area contributed by atoms with Gasteiger partial charge < -0.3 is 10.0 Å². The molecule has 0 saturated carbocycles. The first-order chi connectivity index (χ1) is 8.28. The van der Waals surface area contributed by atoms with Crippen LogP contribution in [0.3, 0.4) is 0 Å². The molecule has 0 atom stereocenters. The topological polar surface area (TPSA) is 40.5 Å². The summed E-state index contributed by atoms with van der Waals surface area (Å²) in [6.07, 6.45) is 0.200. The van der Waals surface area contributed by atoms with Crippen LogP contribution in [-0.2, 0) is 11.3 Å². The van der Waals surface area contributed by atoms with E-state index in [1.54, 1.807) is 0 Å². The van der Waals surface area contributed by atoms with Crippen molar-refractivity contribution in [1.82, 2.24) is 4.90 Å². The third kappa shape index (κ3) is 5.32. The smallest absolute Gasteiger partial charge is 0.303 e. The number of benzene rings is 1. The average molecular weight is 249 g/mol. The van der Waals surface area contributed by atoms with Gasteiger partial charge in [-0.15, -0.1) is 0 Å². The highest BCUT2D eigenvalue weighted by molar-refractivity contribution is 5.67. The molecule has 0 aliphatic carbocycles. The van der Waals surface area contributed by atoms with Crippen molar-refractivity contribution in [3.05, 3.63) is 35.4 Å². The van der Waals surface area contributed by atoms with Gasteiger partial charge in [-0.2, -0.15) is 0 Å². The molecule has 1 aromatic carbocycles. The average Bonchev–Trinajstić information content (AvgIpc) is 2.18. The van der Waals surface area contributed by atoms with Crippen LogP contribution in [0.5, 0.6) is 0 Å². The van der Waals surface area contributed by atoms with Crippen LogP contribution in [0.15, 0.2) is 24.3 Å². The number of aryl methyl sites for hydroxylation is 1. The summed E-state index contributed by atoms with van der Waals surface area (Å²) >= 11 is 0. The van der Waals surface area contributed by atoms with Gasteiger partial charge in [-0.3, -0.25) is 4.79 Å². The van der Waals surface area contributed by atoms with Crippen LogP contribution >= 0.6 is 0 Å². The van der Waals surface area contributed by atoms with Crippen molar-refractivity contribution < 1.29 is 9.90 Å². The molecule has 0 radical (unpaired) electrons. The third-order valence-electron chi connectivity index (χ3n) is 2.90. The van der Waals surface area contributed by atoms with Crippen LogP contribution in [0.4, 0.5) is 0 Å². The van der Waals surface area contributed by atoms with Gasteiger partial charge in [0.05, 0.1) is 6.42 Å². The van der Waals surface area contributed by atoms with Crippen LogP contribution in [0.25, 0.3) is 0 Å². The molecule has 0 unspecified atom stereocenters. The van der Waals surface area contributed by atoms with Crippen LogP contribution in [-0.4, -0.2) is 29.6 Å². The van der Waals surface area contributed by atoms with Gasteiger partial charge in [-0.05, 0) is 24.9 Å². The van der Waals surface area contributed by atoms with E-state index in [9.17, 15) is 4.79 Å². The van der Waals surface area contributed by atoms with Crippen molar-refractivity contribution in [2.75, 3.05) is 13.6 Å². The Hall–Kier alpha value is -1.35. The lowest BCUT2D eigenvalue weighted by Gasteiger charge is -2.29. The summed E-state index contributed by atoms with van der Waals surface area (Å²) in [5, 5.41) is 8.86. The Morgan fingerprint density at radius 3 is 2.33 bits per heavy atom. The second kappa shape index (κ2) is 6.01. The largest absolute Gasteiger partial charge is 0.481 e. The maximum atomic E-state index is 10.8. The Labute approximate surface area is 109 Å². The summed E-state index contributed by atoms with van der Waals surface area (Å²) in [6.45, 7) is 7.68. The monoisotopic (exact) mass is 249 g/mol. The first-order valence-electron chi connectivity index (χ1n) is 6.24. The minimum atomic E-state index is -0.733. The lowest BCUT2D eigenvalue weighted by molar-refractivity contribution is -0.139. The maximum Gasteiger partial charge on any atom is 0.303 e. The number of carboxylic acid groups (broad SMARTS) is 1. The van der Waals surface area contributed by atoms with Gasteiger partial charge in [0.15, 0.2) is 0 Å². The summed E-state index contributed by atoms with van der Waals surface area (Å²) in [5.41, 5.74) is 2.31. The van der Waals surface area contributed by atoms with E-state index in [1.807, 2.05) is 20.9 Å². The molecule has 1 rings (SSSR count). The summed E-state index contributed by atoms with van der Waals surface area (Å²) in [5.74, 6) is -0.733. The van der Waals surface area contributed by atoms with Crippen molar-refractivity contribution >= 4 is 5.97 Å². The molecule has 18 heavy (non-hydrogen) atoms.